The lowest BCUT2D eigenvalue weighted by atomic mass is 10.1. The Morgan fingerprint density at radius 1 is 1.22 bits per heavy atom. The molecular weight excluding hydrogens is 376 g/mol. The quantitative estimate of drug-likeness (QED) is 0.724. The summed E-state index contributed by atoms with van der Waals surface area (Å²) in [6.45, 7) is 5.94. The van der Waals surface area contributed by atoms with Crippen molar-refractivity contribution in [1.29, 1.82) is 0 Å². The van der Waals surface area contributed by atoms with Crippen molar-refractivity contribution in [1.82, 2.24) is 10.2 Å². The monoisotopic (exact) mass is 394 g/mol. The Kier molecular flexibility index (Phi) is 6.66. The summed E-state index contributed by atoms with van der Waals surface area (Å²) in [5.41, 5.74) is 1.35. The lowest BCUT2D eigenvalue weighted by Gasteiger charge is -2.26. The third kappa shape index (κ3) is 4.93. The van der Waals surface area contributed by atoms with Gasteiger partial charge in [0.15, 0.2) is 0 Å². The summed E-state index contributed by atoms with van der Waals surface area (Å²) in [6, 6.07) is 2.19. The first kappa shape index (κ1) is 15.0. The molecule has 0 radical (unpaired) electrons. The maximum absolute atomic E-state index is 3.59. The van der Waals surface area contributed by atoms with Crippen molar-refractivity contribution in [3.63, 3.8) is 0 Å². The molecule has 0 atom stereocenters. The second-order valence-corrected chi connectivity index (χ2v) is 8.53. The van der Waals surface area contributed by atoms with Gasteiger partial charge in [0.2, 0.25) is 0 Å². The summed E-state index contributed by atoms with van der Waals surface area (Å²) in [5.74, 6) is 0. The van der Waals surface area contributed by atoms with Crippen LogP contribution in [0.1, 0.15) is 31.2 Å². The molecule has 102 valence electrons. The summed E-state index contributed by atoms with van der Waals surface area (Å²) >= 11 is 8.84. The van der Waals surface area contributed by atoms with Gasteiger partial charge in [0, 0.05) is 6.54 Å². The lowest BCUT2D eigenvalue weighted by Crippen LogP contribution is -2.32. The van der Waals surface area contributed by atoms with Crippen molar-refractivity contribution in [3.8, 4) is 0 Å². The first-order valence-corrected chi connectivity index (χ1v) is 9.03. The SMILES string of the molecule is Brc1cc(CNCCCN2CCCCC2)c(Br)s1. The lowest BCUT2D eigenvalue weighted by molar-refractivity contribution is 0.225. The normalized spacial score (nSPS) is 17.2. The molecule has 1 aliphatic rings. The van der Waals surface area contributed by atoms with E-state index in [2.05, 4.69) is 48.1 Å². The Morgan fingerprint density at radius 2 is 2.00 bits per heavy atom. The fraction of sp³-hybridized carbons (Fsp3) is 0.692. The number of nitrogens with one attached hydrogen (secondary N) is 1. The topological polar surface area (TPSA) is 15.3 Å². The number of thiophene rings is 1. The molecule has 2 heterocycles. The molecule has 0 aromatic carbocycles. The molecular formula is C13H20Br2N2S. The number of hydrogen-bond acceptors (Lipinski definition) is 3. The van der Waals surface area contributed by atoms with Crippen molar-refractivity contribution in [2.24, 2.45) is 0 Å². The predicted molar refractivity (Wildman–Crippen MR) is 86.3 cm³/mol. The molecule has 1 aromatic heterocycles. The molecule has 0 saturated carbocycles. The minimum Gasteiger partial charge on any atom is -0.313 e. The highest BCUT2D eigenvalue weighted by atomic mass is 79.9. The van der Waals surface area contributed by atoms with E-state index >= 15 is 0 Å². The van der Waals surface area contributed by atoms with Crippen molar-refractivity contribution in [2.75, 3.05) is 26.2 Å². The van der Waals surface area contributed by atoms with Gasteiger partial charge < -0.3 is 10.2 Å². The number of halogens is 2. The van der Waals surface area contributed by atoms with Gasteiger partial charge in [0.25, 0.3) is 0 Å². The van der Waals surface area contributed by atoms with Gasteiger partial charge >= 0.3 is 0 Å². The van der Waals surface area contributed by atoms with Crippen molar-refractivity contribution in [3.05, 3.63) is 19.2 Å². The van der Waals surface area contributed by atoms with Crippen molar-refractivity contribution in [2.45, 2.75) is 32.2 Å². The van der Waals surface area contributed by atoms with Crippen LogP contribution in [0, 0.1) is 0 Å². The van der Waals surface area contributed by atoms with Gasteiger partial charge in [0.05, 0.1) is 7.57 Å². The number of hydrogen-bond donors (Lipinski definition) is 1. The van der Waals surface area contributed by atoms with Crippen molar-refractivity contribution < 1.29 is 0 Å². The summed E-state index contributed by atoms with van der Waals surface area (Å²) in [6.07, 6.45) is 5.46. The molecule has 2 nitrogen and oxygen atoms in total. The maximum atomic E-state index is 3.59. The van der Waals surface area contributed by atoms with E-state index in [1.807, 2.05) is 0 Å². The molecule has 2 rings (SSSR count). The van der Waals surface area contributed by atoms with E-state index in [1.165, 1.54) is 58.5 Å². The third-order valence-corrected chi connectivity index (χ3v) is 5.78. The second kappa shape index (κ2) is 8.00. The Bertz CT molecular complexity index is 362. The highest BCUT2D eigenvalue weighted by molar-refractivity contribution is 9.12. The molecule has 0 amide bonds. The second-order valence-electron chi connectivity index (χ2n) is 4.78. The molecule has 0 unspecified atom stereocenters. The maximum Gasteiger partial charge on any atom is 0.0755 e. The molecule has 0 aliphatic carbocycles. The van der Waals surface area contributed by atoms with Crippen LogP contribution in [-0.2, 0) is 6.54 Å². The van der Waals surface area contributed by atoms with Gasteiger partial charge in [-0.15, -0.1) is 11.3 Å². The summed E-state index contributed by atoms with van der Waals surface area (Å²) in [5, 5.41) is 3.52. The van der Waals surface area contributed by atoms with Gasteiger partial charge in [-0.2, -0.15) is 0 Å². The largest absolute Gasteiger partial charge is 0.313 e. The molecule has 0 spiro atoms. The van der Waals surface area contributed by atoms with Crippen LogP contribution in [0.5, 0.6) is 0 Å². The van der Waals surface area contributed by atoms with Crippen LogP contribution >= 0.6 is 43.2 Å². The van der Waals surface area contributed by atoms with Crippen LogP contribution < -0.4 is 5.32 Å². The molecule has 1 N–H and O–H groups in total. The zero-order valence-corrected chi connectivity index (χ0v) is 14.5. The van der Waals surface area contributed by atoms with Gasteiger partial charge in [0.1, 0.15) is 0 Å². The van der Waals surface area contributed by atoms with E-state index in [9.17, 15) is 0 Å². The summed E-state index contributed by atoms with van der Waals surface area (Å²) < 4.78 is 2.43. The summed E-state index contributed by atoms with van der Waals surface area (Å²) in [4.78, 5) is 2.60. The van der Waals surface area contributed by atoms with E-state index in [0.717, 1.165) is 13.1 Å². The van der Waals surface area contributed by atoms with Crippen molar-refractivity contribution >= 4 is 43.2 Å². The van der Waals surface area contributed by atoms with E-state index in [4.69, 9.17) is 0 Å². The first-order valence-electron chi connectivity index (χ1n) is 6.62. The Hall–Kier alpha value is 0.580. The van der Waals surface area contributed by atoms with Gasteiger partial charge in [-0.1, -0.05) is 6.42 Å². The number of likely N-dealkylation sites (tertiary alicyclic amines) is 1. The number of nitrogens with zero attached hydrogens (tertiary/aromatic N) is 1. The molecule has 1 fully saturated rings. The fourth-order valence-corrected chi connectivity index (χ4v) is 5.15. The van der Waals surface area contributed by atoms with Crippen LogP contribution in [0.15, 0.2) is 13.6 Å². The Morgan fingerprint density at radius 3 is 2.67 bits per heavy atom. The highest BCUT2D eigenvalue weighted by Gasteiger charge is 2.09. The Labute approximate surface area is 130 Å². The number of rotatable bonds is 6. The standard InChI is InChI=1S/C13H20Br2N2S/c14-12-9-11(13(15)18-12)10-16-5-4-8-17-6-2-1-3-7-17/h9,16H,1-8,10H2. The molecule has 5 heteroatoms. The van der Waals surface area contributed by atoms with Gasteiger partial charge in [-0.05, 0) is 88.9 Å². The van der Waals surface area contributed by atoms with Crippen LogP contribution in [0.25, 0.3) is 0 Å². The summed E-state index contributed by atoms with van der Waals surface area (Å²) in [7, 11) is 0. The third-order valence-electron chi connectivity index (χ3n) is 3.32. The molecule has 1 aliphatic heterocycles. The van der Waals surface area contributed by atoms with E-state index in [0.29, 0.717) is 0 Å². The average Bonchev–Trinajstić information content (AvgIpc) is 2.69. The predicted octanol–water partition coefficient (Wildman–Crippen LogP) is 4.24. The molecule has 1 aromatic rings. The smallest absolute Gasteiger partial charge is 0.0755 e. The highest BCUT2D eigenvalue weighted by Crippen LogP contribution is 2.31. The van der Waals surface area contributed by atoms with Crippen LogP contribution in [0.3, 0.4) is 0 Å². The van der Waals surface area contributed by atoms with Crippen LogP contribution in [0.2, 0.25) is 0 Å². The zero-order chi connectivity index (χ0) is 12.8. The van der Waals surface area contributed by atoms with Gasteiger partial charge in [-0.3, -0.25) is 0 Å². The molecule has 1 saturated heterocycles. The minimum absolute atomic E-state index is 0.961. The minimum atomic E-state index is 0.961. The first-order chi connectivity index (χ1) is 8.75. The fourth-order valence-electron chi connectivity index (χ4n) is 2.33. The molecule has 0 bridgehead atoms. The van der Waals surface area contributed by atoms with E-state index in [-0.39, 0.29) is 0 Å². The molecule has 18 heavy (non-hydrogen) atoms. The average molecular weight is 396 g/mol. The zero-order valence-electron chi connectivity index (χ0n) is 10.6. The van der Waals surface area contributed by atoms with E-state index in [1.54, 1.807) is 11.3 Å². The van der Waals surface area contributed by atoms with Crippen LogP contribution in [-0.4, -0.2) is 31.1 Å². The van der Waals surface area contributed by atoms with E-state index < -0.39 is 0 Å². The Balaban J connectivity index is 1.57. The van der Waals surface area contributed by atoms with Crippen LogP contribution in [0.4, 0.5) is 0 Å². The van der Waals surface area contributed by atoms with Gasteiger partial charge in [-0.25, -0.2) is 0 Å². The number of piperidine rings is 1.